The summed E-state index contributed by atoms with van der Waals surface area (Å²) in [5.74, 6) is -0.501. The summed E-state index contributed by atoms with van der Waals surface area (Å²) in [5.41, 5.74) is -0.907. The van der Waals surface area contributed by atoms with E-state index in [1.165, 1.54) is 12.1 Å². The molecule has 0 atom stereocenters. The van der Waals surface area contributed by atoms with Gasteiger partial charge in [0.15, 0.2) is 0 Å². The van der Waals surface area contributed by atoms with E-state index < -0.39 is 21.6 Å². The molecule has 0 radical (unpaired) electrons. The topological polar surface area (TPSA) is 92.2 Å². The van der Waals surface area contributed by atoms with Crippen LogP contribution in [0.5, 0.6) is 5.88 Å². The van der Waals surface area contributed by atoms with Crippen molar-refractivity contribution in [2.45, 2.75) is 4.90 Å². The number of aromatic hydroxyl groups is 1. The van der Waals surface area contributed by atoms with Crippen molar-refractivity contribution in [1.29, 1.82) is 0 Å². The number of aromatic amines is 1. The van der Waals surface area contributed by atoms with Crippen molar-refractivity contribution >= 4 is 20.8 Å². The van der Waals surface area contributed by atoms with Crippen LogP contribution in [0.2, 0.25) is 0 Å². The molecule has 0 unspecified atom stereocenters. The van der Waals surface area contributed by atoms with E-state index in [4.69, 9.17) is 0 Å². The van der Waals surface area contributed by atoms with Crippen LogP contribution in [0.15, 0.2) is 58.4 Å². The molecule has 0 fully saturated rings. The number of imidazole rings is 1. The monoisotopic (exact) mass is 290 g/mol. The lowest BCUT2D eigenvalue weighted by atomic mass is 10.1. The SMILES string of the molecule is O=c1[nH]c(O)cn1S(=O)(=O)c1ccc2ccccc2c1. The number of nitrogens with zero attached hydrogens (tertiary/aromatic N) is 1. The highest BCUT2D eigenvalue weighted by Gasteiger charge is 2.20. The Morgan fingerprint density at radius 2 is 1.75 bits per heavy atom. The van der Waals surface area contributed by atoms with Crippen LogP contribution in [-0.2, 0) is 10.0 Å². The van der Waals surface area contributed by atoms with E-state index in [9.17, 15) is 18.3 Å². The van der Waals surface area contributed by atoms with Crippen molar-refractivity contribution in [2.24, 2.45) is 0 Å². The third-order valence-corrected chi connectivity index (χ3v) is 4.59. The predicted molar refractivity (Wildman–Crippen MR) is 73.2 cm³/mol. The molecule has 0 amide bonds. The fraction of sp³-hybridized carbons (Fsp3) is 0. The first-order chi connectivity index (χ1) is 9.48. The normalized spacial score (nSPS) is 11.8. The molecule has 102 valence electrons. The van der Waals surface area contributed by atoms with Gasteiger partial charge >= 0.3 is 5.69 Å². The molecule has 0 saturated carbocycles. The molecule has 0 aliphatic heterocycles. The van der Waals surface area contributed by atoms with Gasteiger partial charge in [0.1, 0.15) is 0 Å². The minimum atomic E-state index is -4.03. The quantitative estimate of drug-likeness (QED) is 0.743. The molecule has 0 saturated heterocycles. The maximum absolute atomic E-state index is 12.3. The van der Waals surface area contributed by atoms with Crippen molar-refractivity contribution in [3.8, 4) is 5.88 Å². The van der Waals surface area contributed by atoms with Crippen molar-refractivity contribution in [2.75, 3.05) is 0 Å². The molecule has 2 N–H and O–H groups in total. The summed E-state index contributed by atoms with van der Waals surface area (Å²) in [4.78, 5) is 13.5. The Hall–Kier alpha value is -2.54. The summed E-state index contributed by atoms with van der Waals surface area (Å²) in [6.07, 6.45) is 0.840. The van der Waals surface area contributed by atoms with Gasteiger partial charge < -0.3 is 5.11 Å². The van der Waals surface area contributed by atoms with Crippen molar-refractivity contribution < 1.29 is 13.5 Å². The molecule has 3 aromatic rings. The highest BCUT2D eigenvalue weighted by atomic mass is 32.2. The fourth-order valence-corrected chi connectivity index (χ4v) is 3.23. The number of benzene rings is 2. The molecule has 1 aromatic heterocycles. The predicted octanol–water partition coefficient (Wildman–Crippen LogP) is 1.27. The van der Waals surface area contributed by atoms with Gasteiger partial charge in [0.2, 0.25) is 5.88 Å². The zero-order chi connectivity index (χ0) is 14.3. The van der Waals surface area contributed by atoms with E-state index in [-0.39, 0.29) is 4.90 Å². The van der Waals surface area contributed by atoms with Crippen LogP contribution in [0.3, 0.4) is 0 Å². The average molecular weight is 290 g/mol. The van der Waals surface area contributed by atoms with E-state index in [2.05, 4.69) is 0 Å². The van der Waals surface area contributed by atoms with Crippen LogP contribution in [0, 0.1) is 0 Å². The Labute approximate surface area is 114 Å². The average Bonchev–Trinajstić information content (AvgIpc) is 2.78. The first-order valence-corrected chi connectivity index (χ1v) is 7.17. The van der Waals surface area contributed by atoms with E-state index in [0.29, 0.717) is 3.97 Å². The van der Waals surface area contributed by atoms with Crippen molar-refractivity contribution in [1.82, 2.24) is 8.96 Å². The first kappa shape index (κ1) is 12.5. The molecule has 0 aliphatic carbocycles. The Morgan fingerprint density at radius 3 is 2.40 bits per heavy atom. The van der Waals surface area contributed by atoms with Crippen LogP contribution >= 0.6 is 0 Å². The van der Waals surface area contributed by atoms with E-state index in [0.717, 1.165) is 17.0 Å². The lowest BCUT2D eigenvalue weighted by Gasteiger charge is -2.05. The second kappa shape index (κ2) is 4.24. The molecule has 1 heterocycles. The molecule has 2 aromatic carbocycles. The van der Waals surface area contributed by atoms with Gasteiger partial charge in [-0.2, -0.15) is 3.97 Å². The number of H-pyrrole nitrogens is 1. The van der Waals surface area contributed by atoms with Crippen LogP contribution in [0.4, 0.5) is 0 Å². The standard InChI is InChI=1S/C13H10N2O4S/c16-12-8-15(13(17)14-12)20(18,19)11-6-5-9-3-1-2-4-10(9)7-11/h1-8,16H,(H,14,17). The molecule has 0 spiro atoms. The van der Waals surface area contributed by atoms with Gasteiger partial charge in [0, 0.05) is 0 Å². The first-order valence-electron chi connectivity index (χ1n) is 5.73. The van der Waals surface area contributed by atoms with Gasteiger partial charge in [-0.15, -0.1) is 0 Å². The molecule has 20 heavy (non-hydrogen) atoms. The molecule has 0 bridgehead atoms. The number of fused-ring (bicyclic) bond motifs is 1. The van der Waals surface area contributed by atoms with Crippen molar-refractivity contribution in [3.05, 3.63) is 59.1 Å². The molecular formula is C13H10N2O4S. The van der Waals surface area contributed by atoms with Gasteiger partial charge in [-0.3, -0.25) is 4.98 Å². The summed E-state index contributed by atoms with van der Waals surface area (Å²) in [5, 5.41) is 10.8. The van der Waals surface area contributed by atoms with Gasteiger partial charge in [-0.25, -0.2) is 13.2 Å². The lowest BCUT2D eigenvalue weighted by Crippen LogP contribution is -2.24. The minimum absolute atomic E-state index is 0.0164. The maximum Gasteiger partial charge on any atom is 0.342 e. The van der Waals surface area contributed by atoms with Gasteiger partial charge in [0.05, 0.1) is 11.1 Å². The summed E-state index contributed by atoms with van der Waals surface area (Å²) < 4.78 is 25.2. The maximum atomic E-state index is 12.3. The van der Waals surface area contributed by atoms with Crippen molar-refractivity contribution in [3.63, 3.8) is 0 Å². The molecule has 0 aliphatic rings. The number of rotatable bonds is 2. The van der Waals surface area contributed by atoms with Gasteiger partial charge in [-0.1, -0.05) is 30.3 Å². The highest BCUT2D eigenvalue weighted by Crippen LogP contribution is 2.20. The summed E-state index contributed by atoms with van der Waals surface area (Å²) in [7, 11) is -4.03. The zero-order valence-corrected chi connectivity index (χ0v) is 11.0. The second-order valence-electron chi connectivity index (χ2n) is 4.25. The summed E-state index contributed by atoms with van der Waals surface area (Å²) in [6.45, 7) is 0. The Bertz CT molecular complexity index is 954. The largest absolute Gasteiger partial charge is 0.493 e. The van der Waals surface area contributed by atoms with Crippen LogP contribution in [0.25, 0.3) is 10.8 Å². The third kappa shape index (κ3) is 1.88. The van der Waals surface area contributed by atoms with E-state index in [1.807, 2.05) is 17.1 Å². The molecular weight excluding hydrogens is 280 g/mol. The van der Waals surface area contributed by atoms with Gasteiger partial charge in [0.25, 0.3) is 10.0 Å². The Morgan fingerprint density at radius 1 is 1.05 bits per heavy atom. The smallest absolute Gasteiger partial charge is 0.342 e. The number of nitrogens with one attached hydrogen (secondary N) is 1. The zero-order valence-electron chi connectivity index (χ0n) is 10.1. The number of hydrogen-bond donors (Lipinski definition) is 2. The fourth-order valence-electron chi connectivity index (χ4n) is 1.99. The third-order valence-electron chi connectivity index (χ3n) is 2.95. The van der Waals surface area contributed by atoms with Gasteiger partial charge in [-0.05, 0) is 22.9 Å². The lowest BCUT2D eigenvalue weighted by molar-refractivity contribution is 0.455. The summed E-state index contributed by atoms with van der Waals surface area (Å²) in [6, 6.07) is 11.9. The molecule has 6 nitrogen and oxygen atoms in total. The summed E-state index contributed by atoms with van der Waals surface area (Å²) >= 11 is 0. The van der Waals surface area contributed by atoms with E-state index in [1.54, 1.807) is 18.2 Å². The highest BCUT2D eigenvalue weighted by molar-refractivity contribution is 7.90. The van der Waals surface area contributed by atoms with Crippen LogP contribution in [-0.4, -0.2) is 22.5 Å². The van der Waals surface area contributed by atoms with E-state index >= 15 is 0 Å². The second-order valence-corrected chi connectivity index (χ2v) is 6.07. The number of aromatic nitrogens is 2. The molecule has 3 rings (SSSR count). The van der Waals surface area contributed by atoms with Crippen LogP contribution < -0.4 is 5.69 Å². The molecule has 7 heteroatoms. The van der Waals surface area contributed by atoms with Crippen LogP contribution in [0.1, 0.15) is 0 Å². The Balaban J connectivity index is 2.23. The minimum Gasteiger partial charge on any atom is -0.493 e. The number of hydrogen-bond acceptors (Lipinski definition) is 4. The Kier molecular flexibility index (Phi) is 2.65.